The first kappa shape index (κ1) is 19.4. The Hall–Kier alpha value is -0.690. The van der Waals surface area contributed by atoms with Crippen molar-refractivity contribution in [2.75, 3.05) is 34.3 Å². The van der Waals surface area contributed by atoms with Crippen LogP contribution in [-0.2, 0) is 4.74 Å². The summed E-state index contributed by atoms with van der Waals surface area (Å²) in [6.45, 7) is 1.62. The highest BCUT2D eigenvalue weighted by Crippen LogP contribution is 2.25. The Labute approximate surface area is 154 Å². The van der Waals surface area contributed by atoms with E-state index in [9.17, 15) is 0 Å². The lowest BCUT2D eigenvalue weighted by molar-refractivity contribution is -0.870. The summed E-state index contributed by atoms with van der Waals surface area (Å²) in [5.74, 6) is 0. The molecule has 1 atom stereocenters. The van der Waals surface area contributed by atoms with E-state index in [1.165, 1.54) is 0 Å². The SMILES string of the molecule is C[N+](C)(C)CCOC(c1ccc(Cl)cc1)c1ccccn1.[I-]. The maximum absolute atomic E-state index is 6.11. The molecular formula is C17H22ClIN2O. The second-order valence-corrected chi connectivity index (χ2v) is 6.51. The van der Waals surface area contributed by atoms with Gasteiger partial charge in [-0.3, -0.25) is 4.98 Å². The van der Waals surface area contributed by atoms with E-state index in [0.717, 1.165) is 27.3 Å². The zero-order valence-electron chi connectivity index (χ0n) is 13.2. The van der Waals surface area contributed by atoms with E-state index in [1.54, 1.807) is 6.20 Å². The number of nitrogens with zero attached hydrogens (tertiary/aromatic N) is 2. The predicted molar refractivity (Wildman–Crippen MR) is 86.4 cm³/mol. The molecule has 0 saturated heterocycles. The fraction of sp³-hybridized carbons (Fsp3) is 0.353. The zero-order chi connectivity index (χ0) is 15.3. The minimum Gasteiger partial charge on any atom is -1.00 e. The topological polar surface area (TPSA) is 22.1 Å². The molecule has 0 amide bonds. The lowest BCUT2D eigenvalue weighted by atomic mass is 10.1. The average Bonchev–Trinajstić information content (AvgIpc) is 2.45. The van der Waals surface area contributed by atoms with E-state index >= 15 is 0 Å². The highest BCUT2D eigenvalue weighted by atomic mass is 127. The average molecular weight is 433 g/mol. The van der Waals surface area contributed by atoms with Crippen molar-refractivity contribution >= 4 is 11.6 Å². The molecule has 0 aliphatic heterocycles. The zero-order valence-corrected chi connectivity index (χ0v) is 16.1. The molecule has 120 valence electrons. The molecule has 1 unspecified atom stereocenters. The van der Waals surface area contributed by atoms with Gasteiger partial charge in [-0.2, -0.15) is 0 Å². The van der Waals surface area contributed by atoms with Gasteiger partial charge in [-0.1, -0.05) is 29.8 Å². The van der Waals surface area contributed by atoms with Gasteiger partial charge in [0.15, 0.2) is 0 Å². The van der Waals surface area contributed by atoms with Crippen LogP contribution in [0, 0.1) is 0 Å². The van der Waals surface area contributed by atoms with Crippen molar-refractivity contribution in [3.8, 4) is 0 Å². The van der Waals surface area contributed by atoms with E-state index in [1.807, 2.05) is 42.5 Å². The van der Waals surface area contributed by atoms with Crippen molar-refractivity contribution in [1.82, 2.24) is 4.98 Å². The summed E-state index contributed by atoms with van der Waals surface area (Å²) in [6, 6.07) is 13.6. The Kier molecular flexibility index (Phi) is 7.76. The van der Waals surface area contributed by atoms with Crippen LogP contribution in [-0.4, -0.2) is 43.8 Å². The van der Waals surface area contributed by atoms with Crippen LogP contribution in [0.25, 0.3) is 0 Å². The van der Waals surface area contributed by atoms with Gasteiger partial charge < -0.3 is 33.2 Å². The number of quaternary nitrogens is 1. The first-order valence-electron chi connectivity index (χ1n) is 7.04. The number of aromatic nitrogens is 1. The van der Waals surface area contributed by atoms with E-state index in [4.69, 9.17) is 16.3 Å². The van der Waals surface area contributed by atoms with Crippen LogP contribution in [0.1, 0.15) is 17.4 Å². The summed E-state index contributed by atoms with van der Waals surface area (Å²) in [5.41, 5.74) is 1.99. The predicted octanol–water partition coefficient (Wildman–Crippen LogP) is 0.551. The van der Waals surface area contributed by atoms with Gasteiger partial charge in [0.05, 0.1) is 33.4 Å². The lowest BCUT2D eigenvalue weighted by Crippen LogP contribution is -3.00. The van der Waals surface area contributed by atoms with Crippen molar-refractivity contribution in [3.05, 3.63) is 64.9 Å². The highest BCUT2D eigenvalue weighted by molar-refractivity contribution is 6.30. The largest absolute Gasteiger partial charge is 1.00 e. The van der Waals surface area contributed by atoms with Gasteiger partial charge in [0.25, 0.3) is 0 Å². The summed E-state index contributed by atoms with van der Waals surface area (Å²) in [6.07, 6.45) is 1.64. The third kappa shape index (κ3) is 6.20. The molecular weight excluding hydrogens is 411 g/mol. The first-order chi connectivity index (χ1) is 9.96. The molecule has 0 aliphatic rings. The van der Waals surface area contributed by atoms with Gasteiger partial charge in [-0.05, 0) is 29.8 Å². The normalized spacial score (nSPS) is 12.5. The fourth-order valence-corrected chi connectivity index (χ4v) is 2.09. The van der Waals surface area contributed by atoms with Crippen LogP contribution in [0.4, 0.5) is 0 Å². The first-order valence-corrected chi connectivity index (χ1v) is 7.42. The van der Waals surface area contributed by atoms with Gasteiger partial charge in [0, 0.05) is 11.2 Å². The van der Waals surface area contributed by atoms with Crippen LogP contribution in [0.2, 0.25) is 5.02 Å². The molecule has 0 fully saturated rings. The Morgan fingerprint density at radius 1 is 1.09 bits per heavy atom. The Bertz CT molecular complexity index is 555. The van der Waals surface area contributed by atoms with Crippen molar-refractivity contribution < 1.29 is 33.2 Å². The minimum atomic E-state index is -0.157. The maximum atomic E-state index is 6.11. The standard InChI is InChI=1S/C17H22ClN2O.HI/c1-20(2,3)12-13-21-17(16-6-4-5-11-19-16)14-7-9-15(18)10-8-14;/h4-11,17H,12-13H2,1-3H3;1H/q+1;/p-1. The molecule has 0 spiro atoms. The quantitative estimate of drug-likeness (QED) is 0.491. The van der Waals surface area contributed by atoms with Crippen LogP contribution in [0.15, 0.2) is 48.7 Å². The van der Waals surface area contributed by atoms with Gasteiger partial charge in [0.2, 0.25) is 0 Å². The molecule has 0 saturated carbocycles. The summed E-state index contributed by atoms with van der Waals surface area (Å²) >= 11 is 5.97. The van der Waals surface area contributed by atoms with Crippen LogP contribution >= 0.6 is 11.6 Å². The van der Waals surface area contributed by atoms with Gasteiger partial charge in [-0.25, -0.2) is 0 Å². The number of benzene rings is 1. The third-order valence-corrected chi connectivity index (χ3v) is 3.43. The van der Waals surface area contributed by atoms with E-state index < -0.39 is 0 Å². The van der Waals surface area contributed by atoms with Crippen LogP contribution in [0.5, 0.6) is 0 Å². The van der Waals surface area contributed by atoms with E-state index in [0.29, 0.717) is 6.61 Å². The molecule has 2 rings (SSSR count). The van der Waals surface area contributed by atoms with E-state index in [-0.39, 0.29) is 30.1 Å². The summed E-state index contributed by atoms with van der Waals surface area (Å²) < 4.78 is 6.98. The number of hydrogen-bond donors (Lipinski definition) is 0. The molecule has 0 N–H and O–H groups in total. The van der Waals surface area contributed by atoms with Crippen molar-refractivity contribution in [2.24, 2.45) is 0 Å². The number of pyridine rings is 1. The van der Waals surface area contributed by atoms with Crippen molar-refractivity contribution in [1.29, 1.82) is 0 Å². The number of likely N-dealkylation sites (N-methyl/N-ethyl adjacent to an activating group) is 1. The smallest absolute Gasteiger partial charge is 0.125 e. The fourth-order valence-electron chi connectivity index (χ4n) is 1.97. The molecule has 5 heteroatoms. The van der Waals surface area contributed by atoms with Gasteiger partial charge in [-0.15, -0.1) is 0 Å². The molecule has 0 bridgehead atoms. The maximum Gasteiger partial charge on any atom is 0.125 e. The molecule has 1 aromatic carbocycles. The molecule has 2 aromatic rings. The minimum absolute atomic E-state index is 0. The number of rotatable bonds is 6. The van der Waals surface area contributed by atoms with Crippen molar-refractivity contribution in [2.45, 2.75) is 6.10 Å². The molecule has 3 nitrogen and oxygen atoms in total. The summed E-state index contributed by atoms with van der Waals surface area (Å²) in [7, 11) is 6.46. The van der Waals surface area contributed by atoms with Gasteiger partial charge in [0.1, 0.15) is 12.6 Å². The lowest BCUT2D eigenvalue weighted by Gasteiger charge is -2.25. The number of halogens is 2. The van der Waals surface area contributed by atoms with Crippen LogP contribution < -0.4 is 24.0 Å². The van der Waals surface area contributed by atoms with Gasteiger partial charge >= 0.3 is 0 Å². The molecule has 1 aromatic heterocycles. The molecule has 0 radical (unpaired) electrons. The van der Waals surface area contributed by atoms with Crippen LogP contribution in [0.3, 0.4) is 0 Å². The molecule has 0 aliphatic carbocycles. The Morgan fingerprint density at radius 3 is 2.32 bits per heavy atom. The third-order valence-electron chi connectivity index (χ3n) is 3.18. The van der Waals surface area contributed by atoms with E-state index in [2.05, 4.69) is 26.1 Å². The Balaban J connectivity index is 0.00000242. The molecule has 1 heterocycles. The molecule has 22 heavy (non-hydrogen) atoms. The number of hydrogen-bond acceptors (Lipinski definition) is 2. The summed E-state index contributed by atoms with van der Waals surface area (Å²) in [4.78, 5) is 4.43. The second-order valence-electron chi connectivity index (χ2n) is 6.07. The summed E-state index contributed by atoms with van der Waals surface area (Å²) in [5, 5.41) is 0.727. The van der Waals surface area contributed by atoms with Crippen molar-refractivity contribution in [3.63, 3.8) is 0 Å². The monoisotopic (exact) mass is 432 g/mol. The highest BCUT2D eigenvalue weighted by Gasteiger charge is 2.17. The Morgan fingerprint density at radius 2 is 1.77 bits per heavy atom. The number of ether oxygens (including phenoxy) is 1. The second kappa shape index (κ2) is 8.82.